The Kier molecular flexibility index (Phi) is 2.87. The van der Waals surface area contributed by atoms with Crippen molar-refractivity contribution in [3.05, 3.63) is 36.3 Å². The Labute approximate surface area is 109 Å². The summed E-state index contributed by atoms with van der Waals surface area (Å²) in [4.78, 5) is 23.3. The Hall–Kier alpha value is -2.08. The second kappa shape index (κ2) is 4.55. The zero-order valence-corrected chi connectivity index (χ0v) is 9.98. The zero-order chi connectivity index (χ0) is 13.4. The maximum absolute atomic E-state index is 12.1. The van der Waals surface area contributed by atoms with Crippen molar-refractivity contribution in [3.63, 3.8) is 0 Å². The van der Waals surface area contributed by atoms with E-state index >= 15 is 0 Å². The molecule has 1 amide bonds. The number of carbonyl (C=O) groups is 2. The molecule has 2 bridgehead atoms. The molecule has 19 heavy (non-hydrogen) atoms. The molecule has 3 heterocycles. The number of amides is 1. The average molecular weight is 263 g/mol. The number of nitrogens with one attached hydrogen (secondary N) is 1. The lowest BCUT2D eigenvalue weighted by atomic mass is 9.82. The summed E-state index contributed by atoms with van der Waals surface area (Å²) in [6.45, 7) is 0.246. The Morgan fingerprint density at radius 3 is 2.63 bits per heavy atom. The van der Waals surface area contributed by atoms with Gasteiger partial charge < -0.3 is 19.6 Å². The molecule has 2 aliphatic rings. The van der Waals surface area contributed by atoms with Crippen LogP contribution in [0.1, 0.15) is 5.76 Å². The summed E-state index contributed by atoms with van der Waals surface area (Å²) in [7, 11) is 0. The molecule has 1 fully saturated rings. The van der Waals surface area contributed by atoms with Gasteiger partial charge >= 0.3 is 5.97 Å². The van der Waals surface area contributed by atoms with E-state index < -0.39 is 30.0 Å². The van der Waals surface area contributed by atoms with Gasteiger partial charge in [-0.1, -0.05) is 12.2 Å². The minimum atomic E-state index is -1.00. The predicted octanol–water partition coefficient (Wildman–Crippen LogP) is 0.550. The Bertz CT molecular complexity index is 521. The van der Waals surface area contributed by atoms with E-state index in [1.165, 1.54) is 6.26 Å². The van der Waals surface area contributed by atoms with Crippen LogP contribution in [0.2, 0.25) is 0 Å². The molecule has 0 aromatic carbocycles. The van der Waals surface area contributed by atoms with Crippen LogP contribution in [0.4, 0.5) is 0 Å². The van der Waals surface area contributed by atoms with Gasteiger partial charge in [-0.25, -0.2) is 0 Å². The number of furan rings is 1. The van der Waals surface area contributed by atoms with E-state index in [9.17, 15) is 14.7 Å². The van der Waals surface area contributed by atoms with E-state index in [4.69, 9.17) is 9.15 Å². The van der Waals surface area contributed by atoms with Crippen LogP contribution in [-0.4, -0.2) is 29.2 Å². The molecule has 4 atom stereocenters. The molecule has 1 aromatic rings. The van der Waals surface area contributed by atoms with E-state index in [0.29, 0.717) is 5.76 Å². The van der Waals surface area contributed by atoms with Gasteiger partial charge in [-0.2, -0.15) is 0 Å². The van der Waals surface area contributed by atoms with Gasteiger partial charge in [0, 0.05) is 0 Å². The number of hydrogen-bond donors (Lipinski definition) is 2. The van der Waals surface area contributed by atoms with Gasteiger partial charge in [-0.15, -0.1) is 0 Å². The van der Waals surface area contributed by atoms with E-state index in [2.05, 4.69) is 5.32 Å². The highest BCUT2D eigenvalue weighted by Crippen LogP contribution is 2.39. The Morgan fingerprint density at radius 1 is 1.26 bits per heavy atom. The molecule has 0 spiro atoms. The molecule has 4 unspecified atom stereocenters. The fourth-order valence-electron chi connectivity index (χ4n) is 2.62. The molecule has 6 heteroatoms. The maximum Gasteiger partial charge on any atom is 0.310 e. The van der Waals surface area contributed by atoms with Crippen LogP contribution >= 0.6 is 0 Å². The average Bonchev–Trinajstić information content (AvgIpc) is 3.10. The van der Waals surface area contributed by atoms with Crippen LogP contribution in [0.3, 0.4) is 0 Å². The molecule has 1 aromatic heterocycles. The third-order valence-corrected chi connectivity index (χ3v) is 3.50. The first kappa shape index (κ1) is 12.0. The SMILES string of the molecule is O=C(O)C1C2C=CC(O2)C1C(=O)NCc1ccco1. The van der Waals surface area contributed by atoms with Crippen LogP contribution in [0, 0.1) is 11.8 Å². The van der Waals surface area contributed by atoms with E-state index in [1.807, 2.05) is 0 Å². The lowest BCUT2D eigenvalue weighted by Gasteiger charge is -2.20. The summed E-state index contributed by atoms with van der Waals surface area (Å²) >= 11 is 0. The number of carboxylic acids is 1. The highest BCUT2D eigenvalue weighted by molar-refractivity contribution is 5.87. The number of hydrogen-bond acceptors (Lipinski definition) is 4. The summed E-state index contributed by atoms with van der Waals surface area (Å²) < 4.78 is 10.5. The first-order valence-corrected chi connectivity index (χ1v) is 6.03. The summed E-state index contributed by atoms with van der Waals surface area (Å²) in [6, 6.07) is 3.47. The van der Waals surface area contributed by atoms with Crippen molar-refractivity contribution in [1.29, 1.82) is 0 Å². The molecule has 0 aliphatic carbocycles. The van der Waals surface area contributed by atoms with E-state index in [1.54, 1.807) is 24.3 Å². The van der Waals surface area contributed by atoms with E-state index in [-0.39, 0.29) is 12.5 Å². The minimum absolute atomic E-state index is 0.246. The second-order valence-electron chi connectivity index (χ2n) is 4.64. The van der Waals surface area contributed by atoms with Crippen molar-refractivity contribution >= 4 is 11.9 Å². The van der Waals surface area contributed by atoms with Crippen molar-refractivity contribution < 1.29 is 23.8 Å². The molecule has 1 saturated heterocycles. The molecule has 3 rings (SSSR count). The van der Waals surface area contributed by atoms with Crippen molar-refractivity contribution in [2.75, 3.05) is 0 Å². The number of ether oxygens (including phenoxy) is 1. The molecule has 2 aliphatic heterocycles. The first-order valence-electron chi connectivity index (χ1n) is 6.03. The van der Waals surface area contributed by atoms with E-state index in [0.717, 1.165) is 0 Å². The lowest BCUT2D eigenvalue weighted by molar-refractivity contribution is -0.146. The summed E-state index contributed by atoms with van der Waals surface area (Å²) in [5, 5.41) is 11.9. The fraction of sp³-hybridized carbons (Fsp3) is 0.385. The molecule has 2 N–H and O–H groups in total. The number of carboxylic acid groups (broad SMARTS) is 1. The third-order valence-electron chi connectivity index (χ3n) is 3.50. The molecule has 100 valence electrons. The molecule has 0 radical (unpaired) electrons. The first-order chi connectivity index (χ1) is 9.16. The van der Waals surface area contributed by atoms with Crippen LogP contribution < -0.4 is 5.32 Å². The van der Waals surface area contributed by atoms with Crippen molar-refractivity contribution in [2.45, 2.75) is 18.8 Å². The molecule has 0 saturated carbocycles. The van der Waals surface area contributed by atoms with Crippen LogP contribution in [-0.2, 0) is 20.9 Å². The second-order valence-corrected chi connectivity index (χ2v) is 4.64. The van der Waals surface area contributed by atoms with Crippen LogP contribution in [0.15, 0.2) is 35.0 Å². The molecular formula is C13H13NO5. The van der Waals surface area contributed by atoms with Gasteiger partial charge in [0.25, 0.3) is 0 Å². The monoisotopic (exact) mass is 263 g/mol. The molecule has 6 nitrogen and oxygen atoms in total. The standard InChI is InChI=1S/C13H13NO5/c15-12(14-6-7-2-1-5-18-7)10-8-3-4-9(19-8)11(10)13(16)17/h1-5,8-11H,6H2,(H,14,15)(H,16,17). The summed E-state index contributed by atoms with van der Waals surface area (Å²) in [5.74, 6) is -2.19. The van der Waals surface area contributed by atoms with Crippen molar-refractivity contribution in [3.8, 4) is 0 Å². The normalized spacial score (nSPS) is 31.6. The van der Waals surface area contributed by atoms with Gasteiger partial charge in [0.2, 0.25) is 5.91 Å². The number of rotatable bonds is 4. The fourth-order valence-corrected chi connectivity index (χ4v) is 2.62. The Morgan fingerprint density at radius 2 is 2.00 bits per heavy atom. The minimum Gasteiger partial charge on any atom is -0.481 e. The zero-order valence-electron chi connectivity index (χ0n) is 9.98. The maximum atomic E-state index is 12.1. The van der Waals surface area contributed by atoms with Crippen molar-refractivity contribution in [1.82, 2.24) is 5.32 Å². The van der Waals surface area contributed by atoms with Crippen LogP contribution in [0.5, 0.6) is 0 Å². The van der Waals surface area contributed by atoms with Gasteiger partial charge in [0.05, 0.1) is 30.9 Å². The topological polar surface area (TPSA) is 88.8 Å². The predicted molar refractivity (Wildman–Crippen MR) is 63.0 cm³/mol. The smallest absolute Gasteiger partial charge is 0.310 e. The van der Waals surface area contributed by atoms with Gasteiger partial charge in [0.15, 0.2) is 0 Å². The largest absolute Gasteiger partial charge is 0.481 e. The number of aliphatic carboxylic acids is 1. The van der Waals surface area contributed by atoms with Crippen molar-refractivity contribution in [2.24, 2.45) is 11.8 Å². The molecular weight excluding hydrogens is 250 g/mol. The van der Waals surface area contributed by atoms with Crippen LogP contribution in [0.25, 0.3) is 0 Å². The van der Waals surface area contributed by atoms with Gasteiger partial charge in [0.1, 0.15) is 11.7 Å². The number of fused-ring (bicyclic) bond motifs is 2. The van der Waals surface area contributed by atoms with Gasteiger partial charge in [-0.3, -0.25) is 9.59 Å². The number of carbonyl (C=O) groups excluding carboxylic acids is 1. The highest BCUT2D eigenvalue weighted by Gasteiger charge is 2.53. The lowest BCUT2D eigenvalue weighted by Crippen LogP contribution is -2.42. The summed E-state index contributed by atoms with van der Waals surface area (Å²) in [5.41, 5.74) is 0. The van der Waals surface area contributed by atoms with Gasteiger partial charge in [-0.05, 0) is 12.1 Å². The Balaban J connectivity index is 1.68. The third kappa shape index (κ3) is 2.04. The highest BCUT2D eigenvalue weighted by atomic mass is 16.5. The summed E-state index contributed by atoms with van der Waals surface area (Å²) in [6.07, 6.45) is 4.04. The quantitative estimate of drug-likeness (QED) is 0.774.